The number of benzene rings is 1. The summed E-state index contributed by atoms with van der Waals surface area (Å²) in [5.41, 5.74) is 2.00. The molecule has 0 saturated carbocycles. The number of para-hydroxylation sites is 1. The minimum absolute atomic E-state index is 0. The number of nitrogens with zero attached hydrogens (tertiary/aromatic N) is 4. The fourth-order valence-electron chi connectivity index (χ4n) is 3.59. The highest BCUT2D eigenvalue weighted by Gasteiger charge is 2.24. The number of anilines is 1. The predicted octanol–water partition coefficient (Wildman–Crippen LogP) is 2.67. The summed E-state index contributed by atoms with van der Waals surface area (Å²) in [6.45, 7) is 8.83. The van der Waals surface area contributed by atoms with E-state index < -0.39 is 0 Å². The molecule has 2 heterocycles. The van der Waals surface area contributed by atoms with Crippen molar-refractivity contribution in [3.63, 3.8) is 0 Å². The lowest BCUT2D eigenvalue weighted by atomic mass is 10.1. The number of hydrogen-bond acceptors (Lipinski definition) is 5. The van der Waals surface area contributed by atoms with Gasteiger partial charge in [-0.1, -0.05) is 17.3 Å². The van der Waals surface area contributed by atoms with Crippen LogP contribution in [0.25, 0.3) is 0 Å². The third-order valence-electron chi connectivity index (χ3n) is 5.25. The number of rotatable bonds is 6. The van der Waals surface area contributed by atoms with Crippen LogP contribution in [0.15, 0.2) is 24.3 Å². The van der Waals surface area contributed by atoms with Crippen molar-refractivity contribution in [2.45, 2.75) is 39.7 Å². The number of nitrogens with one attached hydrogen (secondary N) is 2. The minimum atomic E-state index is -0.350. The Balaban J connectivity index is 0.00000300. The molecule has 29 heavy (non-hydrogen) atoms. The van der Waals surface area contributed by atoms with E-state index in [2.05, 4.69) is 20.9 Å². The monoisotopic (exact) mass is 420 g/mol. The molecule has 2 N–H and O–H groups in total. The van der Waals surface area contributed by atoms with Gasteiger partial charge in [0.15, 0.2) is 5.69 Å². The molecule has 2 amide bonds. The lowest BCUT2D eigenvalue weighted by Gasteiger charge is -2.23. The average Bonchev–Trinajstić information content (AvgIpc) is 3.11. The molecule has 0 bridgehead atoms. The standard InChI is InChI=1S/C20H28N6O2.ClH/c1-4-25(5-2)20(28)16-8-6-7-9-17(16)22-19(27)18-14(3)26(24-23-18)15-10-12-21-13-11-15;/h6-9,15,21H,4-5,10-13H2,1-3H3,(H,22,27);1H. The van der Waals surface area contributed by atoms with E-state index >= 15 is 0 Å². The molecule has 1 aromatic heterocycles. The Kier molecular flexibility index (Phi) is 8.16. The van der Waals surface area contributed by atoms with Crippen molar-refractivity contribution in [1.29, 1.82) is 0 Å². The molecule has 0 unspecified atom stereocenters. The topological polar surface area (TPSA) is 92.2 Å². The summed E-state index contributed by atoms with van der Waals surface area (Å²) in [5.74, 6) is -0.450. The molecule has 8 nitrogen and oxygen atoms in total. The largest absolute Gasteiger partial charge is 0.339 e. The van der Waals surface area contributed by atoms with Crippen molar-refractivity contribution in [2.75, 3.05) is 31.5 Å². The zero-order valence-corrected chi connectivity index (χ0v) is 18.0. The molecule has 1 aliphatic rings. The van der Waals surface area contributed by atoms with Crippen LogP contribution >= 0.6 is 12.4 Å². The number of piperidine rings is 1. The first-order valence-corrected chi connectivity index (χ1v) is 9.88. The number of amides is 2. The minimum Gasteiger partial charge on any atom is -0.339 e. The highest BCUT2D eigenvalue weighted by molar-refractivity contribution is 6.08. The van der Waals surface area contributed by atoms with Crippen molar-refractivity contribution in [3.05, 3.63) is 41.2 Å². The van der Waals surface area contributed by atoms with E-state index in [9.17, 15) is 9.59 Å². The first kappa shape index (κ1) is 22.8. The van der Waals surface area contributed by atoms with E-state index in [4.69, 9.17) is 0 Å². The Bertz CT molecular complexity index is 843. The van der Waals surface area contributed by atoms with Gasteiger partial charge in [0.05, 0.1) is 23.0 Å². The van der Waals surface area contributed by atoms with Crippen molar-refractivity contribution < 1.29 is 9.59 Å². The molecule has 0 radical (unpaired) electrons. The maximum atomic E-state index is 12.9. The summed E-state index contributed by atoms with van der Waals surface area (Å²) < 4.78 is 1.85. The summed E-state index contributed by atoms with van der Waals surface area (Å²) in [6.07, 6.45) is 1.93. The maximum Gasteiger partial charge on any atom is 0.278 e. The van der Waals surface area contributed by atoms with E-state index in [1.807, 2.05) is 25.5 Å². The number of hydrogen-bond donors (Lipinski definition) is 2. The first-order valence-electron chi connectivity index (χ1n) is 9.88. The second kappa shape index (κ2) is 10.4. The van der Waals surface area contributed by atoms with Crippen LogP contribution in [0, 0.1) is 6.92 Å². The zero-order chi connectivity index (χ0) is 20.1. The van der Waals surface area contributed by atoms with Crippen LogP contribution in [-0.2, 0) is 0 Å². The summed E-state index contributed by atoms with van der Waals surface area (Å²) in [4.78, 5) is 27.3. The van der Waals surface area contributed by atoms with Gasteiger partial charge in [-0.3, -0.25) is 9.59 Å². The van der Waals surface area contributed by atoms with E-state index in [-0.39, 0.29) is 30.3 Å². The lowest BCUT2D eigenvalue weighted by Crippen LogP contribution is -2.31. The predicted molar refractivity (Wildman–Crippen MR) is 115 cm³/mol. The normalized spacial score (nSPS) is 14.2. The maximum absolute atomic E-state index is 12.9. The van der Waals surface area contributed by atoms with Crippen molar-refractivity contribution in [1.82, 2.24) is 25.2 Å². The molecule has 158 valence electrons. The number of aromatic nitrogens is 3. The summed E-state index contributed by atoms with van der Waals surface area (Å²) >= 11 is 0. The van der Waals surface area contributed by atoms with Gasteiger partial charge in [0.2, 0.25) is 0 Å². The van der Waals surface area contributed by atoms with E-state index in [0.717, 1.165) is 31.6 Å². The highest BCUT2D eigenvalue weighted by atomic mass is 35.5. The Hall–Kier alpha value is -2.45. The Morgan fingerprint density at radius 3 is 2.52 bits per heavy atom. The van der Waals surface area contributed by atoms with Gasteiger partial charge in [-0.2, -0.15) is 0 Å². The van der Waals surface area contributed by atoms with Crippen LogP contribution < -0.4 is 10.6 Å². The molecule has 3 rings (SSSR count). The average molecular weight is 421 g/mol. The molecule has 0 spiro atoms. The molecule has 1 saturated heterocycles. The van der Waals surface area contributed by atoms with E-state index in [1.165, 1.54) is 0 Å². The molecule has 9 heteroatoms. The fraction of sp³-hybridized carbons (Fsp3) is 0.500. The van der Waals surface area contributed by atoms with Crippen LogP contribution in [-0.4, -0.2) is 57.9 Å². The number of carbonyl (C=O) groups is 2. The lowest BCUT2D eigenvalue weighted by molar-refractivity contribution is 0.0774. The van der Waals surface area contributed by atoms with Gasteiger partial charge in [0.1, 0.15) is 0 Å². The summed E-state index contributed by atoms with van der Waals surface area (Å²) in [7, 11) is 0. The van der Waals surface area contributed by atoms with Gasteiger partial charge >= 0.3 is 0 Å². The second-order valence-electron chi connectivity index (χ2n) is 6.93. The molecular formula is C20H29ClN6O2. The first-order chi connectivity index (χ1) is 13.6. The van der Waals surface area contributed by atoms with E-state index in [1.54, 1.807) is 29.2 Å². The third-order valence-corrected chi connectivity index (χ3v) is 5.25. The molecular weight excluding hydrogens is 392 g/mol. The van der Waals surface area contributed by atoms with Crippen LogP contribution in [0.5, 0.6) is 0 Å². The van der Waals surface area contributed by atoms with Crippen LogP contribution in [0.2, 0.25) is 0 Å². The second-order valence-corrected chi connectivity index (χ2v) is 6.93. The van der Waals surface area contributed by atoms with Gasteiger partial charge in [0, 0.05) is 13.1 Å². The quantitative estimate of drug-likeness (QED) is 0.749. The molecule has 0 atom stereocenters. The smallest absolute Gasteiger partial charge is 0.278 e. The summed E-state index contributed by atoms with van der Waals surface area (Å²) in [5, 5.41) is 14.5. The fourth-order valence-corrected chi connectivity index (χ4v) is 3.59. The van der Waals surface area contributed by atoms with Crippen molar-refractivity contribution in [3.8, 4) is 0 Å². The van der Waals surface area contributed by atoms with Gasteiger partial charge in [0.25, 0.3) is 11.8 Å². The third kappa shape index (κ3) is 4.94. The number of carbonyl (C=O) groups excluding carboxylic acids is 2. The highest BCUT2D eigenvalue weighted by Crippen LogP contribution is 2.22. The Labute approximate surface area is 177 Å². The van der Waals surface area contributed by atoms with Crippen molar-refractivity contribution in [2.24, 2.45) is 0 Å². The molecule has 0 aliphatic carbocycles. The molecule has 1 aromatic carbocycles. The molecule has 1 fully saturated rings. The van der Waals surface area contributed by atoms with Crippen LogP contribution in [0.1, 0.15) is 59.3 Å². The molecule has 2 aromatic rings. The zero-order valence-electron chi connectivity index (χ0n) is 17.1. The van der Waals surface area contributed by atoms with Crippen LogP contribution in [0.3, 0.4) is 0 Å². The Morgan fingerprint density at radius 1 is 1.21 bits per heavy atom. The molecule has 1 aliphatic heterocycles. The Morgan fingerprint density at radius 2 is 1.86 bits per heavy atom. The van der Waals surface area contributed by atoms with E-state index in [0.29, 0.717) is 30.0 Å². The van der Waals surface area contributed by atoms with Crippen LogP contribution in [0.4, 0.5) is 5.69 Å². The van der Waals surface area contributed by atoms with Crippen molar-refractivity contribution >= 4 is 29.9 Å². The van der Waals surface area contributed by atoms with Gasteiger partial charge < -0.3 is 15.5 Å². The summed E-state index contributed by atoms with van der Waals surface area (Å²) in [6, 6.07) is 7.32. The van der Waals surface area contributed by atoms with Gasteiger partial charge in [-0.25, -0.2) is 4.68 Å². The SMILES string of the molecule is CCN(CC)C(=O)c1ccccc1NC(=O)c1nnn(C2CCNCC2)c1C.Cl. The van der Waals surface area contributed by atoms with Gasteiger partial charge in [-0.15, -0.1) is 17.5 Å². The van der Waals surface area contributed by atoms with Gasteiger partial charge in [-0.05, 0) is 58.8 Å². The number of halogens is 1.